The molecule has 1 aromatic heterocycles. The van der Waals surface area contributed by atoms with Crippen LogP contribution in [0.3, 0.4) is 0 Å². The van der Waals surface area contributed by atoms with E-state index >= 15 is 0 Å². The number of nitrogens with zero attached hydrogens (tertiary/aromatic N) is 2. The highest BCUT2D eigenvalue weighted by Gasteiger charge is 2.17. The number of rotatable bonds is 8. The number of anilines is 1. The highest BCUT2D eigenvalue weighted by molar-refractivity contribution is 6.04. The van der Waals surface area contributed by atoms with Crippen molar-refractivity contribution in [2.45, 2.75) is 39.2 Å². The quantitative estimate of drug-likeness (QED) is 0.531. The minimum atomic E-state index is -1.08. The van der Waals surface area contributed by atoms with Crippen LogP contribution in [-0.4, -0.2) is 59.7 Å². The Morgan fingerprint density at radius 3 is 2.41 bits per heavy atom. The van der Waals surface area contributed by atoms with Gasteiger partial charge in [-0.2, -0.15) is 0 Å². The van der Waals surface area contributed by atoms with Crippen molar-refractivity contribution in [1.29, 1.82) is 0 Å². The molecule has 0 bridgehead atoms. The van der Waals surface area contributed by atoms with Crippen molar-refractivity contribution in [3.63, 3.8) is 0 Å². The van der Waals surface area contributed by atoms with E-state index in [2.05, 4.69) is 15.6 Å². The lowest BCUT2D eigenvalue weighted by molar-refractivity contribution is -0.125. The molecule has 0 atom stereocenters. The summed E-state index contributed by atoms with van der Waals surface area (Å²) in [5.74, 6) is -1.71. The molecule has 0 aliphatic carbocycles. The van der Waals surface area contributed by atoms with Crippen LogP contribution < -0.4 is 15.5 Å². The summed E-state index contributed by atoms with van der Waals surface area (Å²) in [6.45, 7) is 5.66. The highest BCUT2D eigenvalue weighted by atomic mass is 16.6. The average molecular weight is 444 g/mol. The van der Waals surface area contributed by atoms with Crippen molar-refractivity contribution in [3.05, 3.63) is 36.0 Å². The Morgan fingerprint density at radius 2 is 1.75 bits per heavy atom. The molecular weight excluding hydrogens is 416 g/mol. The molecule has 172 valence electrons. The Kier molecular flexibility index (Phi) is 8.11. The predicted molar refractivity (Wildman–Crippen MR) is 119 cm³/mol. The van der Waals surface area contributed by atoms with Crippen LogP contribution in [-0.2, 0) is 14.3 Å². The normalized spacial score (nSPS) is 11.0. The number of ether oxygens (including phenoxy) is 1. The second-order valence-electron chi connectivity index (χ2n) is 8.10. The zero-order chi connectivity index (χ0) is 23.9. The molecule has 10 nitrogen and oxygen atoms in total. The number of nitrogens with one attached hydrogen (secondary N) is 2. The summed E-state index contributed by atoms with van der Waals surface area (Å²) in [6.07, 6.45) is 0.798. The number of pyridine rings is 1. The number of amides is 3. The van der Waals surface area contributed by atoms with E-state index in [1.807, 2.05) is 0 Å². The standard InChI is InChI=1S/C22H28N4O6/c1-22(2,3)32-21(31)25-12-11-24-18(27)7-8-19(28)26(4)14-5-6-17-16(13-14)15(20(29)30)9-10-23-17/h5-6,9-10,13H,7-8,11-12H2,1-4H3,(H,24,27)(H,25,31)(H,29,30). The number of carboxylic acids is 1. The molecule has 0 saturated heterocycles. The van der Waals surface area contributed by atoms with E-state index in [0.29, 0.717) is 16.6 Å². The summed E-state index contributed by atoms with van der Waals surface area (Å²) >= 11 is 0. The van der Waals surface area contributed by atoms with Crippen molar-refractivity contribution in [1.82, 2.24) is 15.6 Å². The molecule has 0 aliphatic rings. The number of carboxylic acid groups (broad SMARTS) is 1. The number of carbonyl (C=O) groups is 4. The molecule has 2 rings (SSSR count). The Balaban J connectivity index is 1.84. The Morgan fingerprint density at radius 1 is 1.06 bits per heavy atom. The van der Waals surface area contributed by atoms with E-state index in [9.17, 15) is 24.3 Å². The van der Waals surface area contributed by atoms with Crippen molar-refractivity contribution >= 4 is 40.5 Å². The molecule has 3 N–H and O–H groups in total. The lowest BCUT2D eigenvalue weighted by atomic mass is 10.1. The fourth-order valence-electron chi connectivity index (χ4n) is 2.83. The largest absolute Gasteiger partial charge is 0.478 e. The van der Waals surface area contributed by atoms with E-state index in [1.165, 1.54) is 17.2 Å². The smallest absolute Gasteiger partial charge is 0.407 e. The second kappa shape index (κ2) is 10.6. The topological polar surface area (TPSA) is 138 Å². The average Bonchev–Trinajstić information content (AvgIpc) is 2.72. The lowest BCUT2D eigenvalue weighted by Gasteiger charge is -2.19. The molecule has 10 heteroatoms. The van der Waals surface area contributed by atoms with Gasteiger partial charge in [0.15, 0.2) is 0 Å². The molecule has 0 spiro atoms. The van der Waals surface area contributed by atoms with Gasteiger partial charge >= 0.3 is 12.1 Å². The molecular formula is C22H28N4O6. The van der Waals surface area contributed by atoms with Crippen molar-refractivity contribution in [2.24, 2.45) is 0 Å². The van der Waals surface area contributed by atoms with Gasteiger partial charge in [0, 0.05) is 50.2 Å². The van der Waals surface area contributed by atoms with Crippen LogP contribution >= 0.6 is 0 Å². The zero-order valence-electron chi connectivity index (χ0n) is 18.6. The molecule has 3 amide bonds. The maximum absolute atomic E-state index is 12.5. The Labute approximate surface area is 185 Å². The van der Waals surface area contributed by atoms with Gasteiger partial charge in [-0.25, -0.2) is 9.59 Å². The van der Waals surface area contributed by atoms with E-state index in [-0.39, 0.29) is 43.3 Å². The van der Waals surface area contributed by atoms with E-state index < -0.39 is 17.7 Å². The Bertz CT molecular complexity index is 1020. The zero-order valence-corrected chi connectivity index (χ0v) is 18.6. The molecule has 0 unspecified atom stereocenters. The van der Waals surface area contributed by atoms with Gasteiger partial charge in [-0.1, -0.05) is 0 Å². The number of carbonyl (C=O) groups excluding carboxylic acids is 3. The first-order valence-corrected chi connectivity index (χ1v) is 10.1. The summed E-state index contributed by atoms with van der Waals surface area (Å²) in [6, 6.07) is 6.30. The summed E-state index contributed by atoms with van der Waals surface area (Å²) in [7, 11) is 1.56. The third-order valence-electron chi connectivity index (χ3n) is 4.40. The number of fused-ring (bicyclic) bond motifs is 1. The van der Waals surface area contributed by atoms with Gasteiger partial charge in [-0.3, -0.25) is 14.6 Å². The van der Waals surface area contributed by atoms with Gasteiger partial charge in [0.1, 0.15) is 5.60 Å². The first-order valence-electron chi connectivity index (χ1n) is 10.1. The van der Waals surface area contributed by atoms with Crippen molar-refractivity contribution < 1.29 is 29.0 Å². The van der Waals surface area contributed by atoms with Gasteiger partial charge in [-0.15, -0.1) is 0 Å². The van der Waals surface area contributed by atoms with Gasteiger partial charge in [0.25, 0.3) is 0 Å². The molecule has 0 fully saturated rings. The molecule has 0 radical (unpaired) electrons. The van der Waals surface area contributed by atoms with Gasteiger partial charge < -0.3 is 25.4 Å². The minimum Gasteiger partial charge on any atom is -0.478 e. The van der Waals surface area contributed by atoms with Crippen LogP contribution in [0.1, 0.15) is 44.0 Å². The third kappa shape index (κ3) is 7.22. The maximum Gasteiger partial charge on any atom is 0.407 e. The number of benzene rings is 1. The molecule has 0 saturated carbocycles. The van der Waals surface area contributed by atoms with Crippen LogP contribution in [0.4, 0.5) is 10.5 Å². The van der Waals surface area contributed by atoms with Crippen LogP contribution in [0.5, 0.6) is 0 Å². The minimum absolute atomic E-state index is 0.0227. The van der Waals surface area contributed by atoms with Gasteiger partial charge in [0.05, 0.1) is 11.1 Å². The summed E-state index contributed by atoms with van der Waals surface area (Å²) in [4.78, 5) is 52.9. The summed E-state index contributed by atoms with van der Waals surface area (Å²) in [5.41, 5.74) is 0.502. The lowest BCUT2D eigenvalue weighted by Crippen LogP contribution is -2.38. The van der Waals surface area contributed by atoms with Gasteiger partial charge in [-0.05, 0) is 45.0 Å². The van der Waals surface area contributed by atoms with Crippen LogP contribution in [0, 0.1) is 0 Å². The molecule has 2 aromatic rings. The van der Waals surface area contributed by atoms with Crippen molar-refractivity contribution in [2.75, 3.05) is 25.0 Å². The van der Waals surface area contributed by atoms with E-state index in [4.69, 9.17) is 4.74 Å². The molecule has 1 aromatic carbocycles. The van der Waals surface area contributed by atoms with Gasteiger partial charge in [0.2, 0.25) is 11.8 Å². The fraction of sp³-hybridized carbons (Fsp3) is 0.409. The van der Waals surface area contributed by atoms with Crippen molar-refractivity contribution in [3.8, 4) is 0 Å². The molecule has 0 aliphatic heterocycles. The number of hydrogen-bond donors (Lipinski definition) is 3. The monoisotopic (exact) mass is 444 g/mol. The number of aromatic carboxylic acids is 1. The third-order valence-corrected chi connectivity index (χ3v) is 4.40. The predicted octanol–water partition coefficient (Wildman–Crippen LogP) is 2.32. The Hall–Kier alpha value is -3.69. The van der Waals surface area contributed by atoms with Crippen LogP contribution in [0.25, 0.3) is 10.9 Å². The number of hydrogen-bond acceptors (Lipinski definition) is 6. The first-order chi connectivity index (χ1) is 15.0. The van der Waals surface area contributed by atoms with E-state index in [1.54, 1.807) is 46.0 Å². The molecule has 1 heterocycles. The van der Waals surface area contributed by atoms with Crippen LogP contribution in [0.2, 0.25) is 0 Å². The maximum atomic E-state index is 12.5. The second-order valence-corrected chi connectivity index (χ2v) is 8.10. The van der Waals surface area contributed by atoms with E-state index in [0.717, 1.165) is 0 Å². The highest BCUT2D eigenvalue weighted by Crippen LogP contribution is 2.24. The SMILES string of the molecule is CN(C(=O)CCC(=O)NCCNC(=O)OC(C)(C)C)c1ccc2nccc(C(=O)O)c2c1. The summed E-state index contributed by atoms with van der Waals surface area (Å²) in [5, 5.41) is 14.9. The summed E-state index contributed by atoms with van der Waals surface area (Å²) < 4.78 is 5.09. The number of aromatic nitrogens is 1. The number of alkyl carbamates (subject to hydrolysis) is 1. The van der Waals surface area contributed by atoms with Crippen LogP contribution in [0.15, 0.2) is 30.5 Å². The molecule has 32 heavy (non-hydrogen) atoms. The fourth-order valence-corrected chi connectivity index (χ4v) is 2.83. The first kappa shape index (κ1) is 24.6.